The first-order valence-electron chi connectivity index (χ1n) is 6.00. The highest BCUT2D eigenvalue weighted by Gasteiger charge is 2.11. The third-order valence-electron chi connectivity index (χ3n) is 2.54. The van der Waals surface area contributed by atoms with E-state index in [0.717, 1.165) is 0 Å². The predicted molar refractivity (Wildman–Crippen MR) is 73.3 cm³/mol. The zero-order valence-corrected chi connectivity index (χ0v) is 10.9. The zero-order valence-electron chi connectivity index (χ0n) is 10.9. The van der Waals surface area contributed by atoms with E-state index in [4.69, 9.17) is 14.3 Å². The lowest BCUT2D eigenvalue weighted by molar-refractivity contribution is -0.139. The summed E-state index contributed by atoms with van der Waals surface area (Å²) in [6.07, 6.45) is 4.18. The highest BCUT2D eigenvalue weighted by molar-refractivity contribution is 6.08. The first-order chi connectivity index (χ1) is 10.1. The first-order valence-corrected chi connectivity index (χ1v) is 6.00. The molecule has 0 aliphatic carbocycles. The number of hydrogen-bond donors (Lipinski definition) is 2. The summed E-state index contributed by atoms with van der Waals surface area (Å²) >= 11 is 0. The molecule has 2 aromatic rings. The minimum Gasteiger partial charge on any atom is -0.507 e. The standard InChI is InChI=1S/C15H12O6/c16-13(5-3-10-2-1-7-20-10)12-8-11(4-6-14(12)17)21-9-15(18)19/h1-8,17H,9H2,(H,18,19). The van der Waals surface area contributed by atoms with Crippen molar-refractivity contribution in [1.29, 1.82) is 0 Å². The van der Waals surface area contributed by atoms with E-state index in [1.165, 1.54) is 36.6 Å². The summed E-state index contributed by atoms with van der Waals surface area (Å²) in [6.45, 7) is -0.527. The van der Waals surface area contributed by atoms with Gasteiger partial charge in [0.1, 0.15) is 17.3 Å². The Bertz CT molecular complexity index is 669. The Kier molecular flexibility index (Phi) is 4.40. The summed E-state index contributed by atoms with van der Waals surface area (Å²) in [5, 5.41) is 18.2. The third-order valence-corrected chi connectivity index (χ3v) is 2.54. The number of benzene rings is 1. The molecule has 2 rings (SSSR count). The molecule has 0 saturated carbocycles. The maximum Gasteiger partial charge on any atom is 0.341 e. The fourth-order valence-corrected chi connectivity index (χ4v) is 1.58. The molecule has 6 nitrogen and oxygen atoms in total. The molecule has 0 amide bonds. The molecule has 0 radical (unpaired) electrons. The molecule has 108 valence electrons. The number of allylic oxidation sites excluding steroid dienone is 1. The van der Waals surface area contributed by atoms with E-state index < -0.39 is 18.4 Å². The SMILES string of the molecule is O=C(O)COc1ccc(O)c(C(=O)C=Cc2ccco2)c1. The Morgan fingerprint density at radius 2 is 2.10 bits per heavy atom. The molecule has 0 fully saturated rings. The Balaban J connectivity index is 2.15. The fourth-order valence-electron chi connectivity index (χ4n) is 1.58. The van der Waals surface area contributed by atoms with Gasteiger partial charge in [-0.1, -0.05) is 0 Å². The summed E-state index contributed by atoms with van der Waals surface area (Å²) < 4.78 is 10.0. The molecule has 0 aliphatic heterocycles. The molecule has 0 atom stereocenters. The van der Waals surface area contributed by atoms with Crippen LogP contribution in [0.2, 0.25) is 0 Å². The molecule has 1 aromatic carbocycles. The molecular weight excluding hydrogens is 276 g/mol. The molecule has 2 N–H and O–H groups in total. The van der Waals surface area contributed by atoms with Crippen LogP contribution in [0.4, 0.5) is 0 Å². The van der Waals surface area contributed by atoms with Crippen molar-refractivity contribution in [2.75, 3.05) is 6.61 Å². The first kappa shape index (κ1) is 14.4. The van der Waals surface area contributed by atoms with Crippen LogP contribution in [-0.2, 0) is 4.79 Å². The maximum absolute atomic E-state index is 12.0. The van der Waals surface area contributed by atoms with Crippen LogP contribution in [0, 0.1) is 0 Å². The van der Waals surface area contributed by atoms with Crippen molar-refractivity contribution in [3.63, 3.8) is 0 Å². The van der Waals surface area contributed by atoms with Crippen molar-refractivity contribution in [3.8, 4) is 11.5 Å². The third kappa shape index (κ3) is 3.97. The van der Waals surface area contributed by atoms with Gasteiger partial charge in [0, 0.05) is 0 Å². The second kappa shape index (κ2) is 6.42. The number of furan rings is 1. The number of aromatic hydroxyl groups is 1. The van der Waals surface area contributed by atoms with Gasteiger partial charge in [-0.2, -0.15) is 0 Å². The molecule has 0 aliphatic rings. The Morgan fingerprint density at radius 3 is 2.76 bits per heavy atom. The summed E-state index contributed by atoms with van der Waals surface area (Å²) in [7, 11) is 0. The average Bonchev–Trinajstić information content (AvgIpc) is 2.97. The van der Waals surface area contributed by atoms with Crippen molar-refractivity contribution in [2.24, 2.45) is 0 Å². The minimum absolute atomic E-state index is 0.0145. The quantitative estimate of drug-likeness (QED) is 0.625. The highest BCUT2D eigenvalue weighted by atomic mass is 16.5. The lowest BCUT2D eigenvalue weighted by Gasteiger charge is -2.06. The van der Waals surface area contributed by atoms with Gasteiger partial charge in [0.05, 0.1) is 11.8 Å². The minimum atomic E-state index is -1.13. The molecule has 6 heteroatoms. The van der Waals surface area contributed by atoms with E-state index in [-0.39, 0.29) is 17.1 Å². The number of carbonyl (C=O) groups is 2. The van der Waals surface area contributed by atoms with Gasteiger partial charge >= 0.3 is 5.97 Å². The lowest BCUT2D eigenvalue weighted by Crippen LogP contribution is -2.09. The van der Waals surface area contributed by atoms with Gasteiger partial charge in [-0.05, 0) is 42.5 Å². The van der Waals surface area contributed by atoms with Crippen LogP contribution in [0.5, 0.6) is 11.5 Å². The summed E-state index contributed by atoms with van der Waals surface area (Å²) in [6, 6.07) is 7.29. The van der Waals surface area contributed by atoms with Crippen molar-refractivity contribution >= 4 is 17.8 Å². The lowest BCUT2D eigenvalue weighted by atomic mass is 10.1. The molecule has 1 aromatic heterocycles. The largest absolute Gasteiger partial charge is 0.507 e. The molecule has 0 bridgehead atoms. The Morgan fingerprint density at radius 1 is 1.29 bits per heavy atom. The highest BCUT2D eigenvalue weighted by Crippen LogP contribution is 2.24. The number of carboxylic acid groups (broad SMARTS) is 1. The Labute approximate surface area is 119 Å². The number of ether oxygens (including phenoxy) is 1. The predicted octanol–water partition coefficient (Wildman–Crippen LogP) is 2.34. The second-order valence-corrected chi connectivity index (χ2v) is 4.07. The van der Waals surface area contributed by atoms with E-state index in [0.29, 0.717) is 5.76 Å². The van der Waals surface area contributed by atoms with Crippen molar-refractivity contribution in [1.82, 2.24) is 0 Å². The van der Waals surface area contributed by atoms with Crippen molar-refractivity contribution < 1.29 is 29.0 Å². The molecule has 0 unspecified atom stereocenters. The van der Waals surface area contributed by atoms with Gasteiger partial charge < -0.3 is 19.4 Å². The summed E-state index contributed by atoms with van der Waals surface area (Å²) in [5.41, 5.74) is 0.0145. The van der Waals surface area contributed by atoms with Gasteiger partial charge in [0.2, 0.25) is 0 Å². The van der Waals surface area contributed by atoms with Crippen LogP contribution in [0.15, 0.2) is 47.1 Å². The van der Waals surface area contributed by atoms with Crippen LogP contribution in [0.1, 0.15) is 16.1 Å². The zero-order chi connectivity index (χ0) is 15.2. The number of phenolic OH excluding ortho intramolecular Hbond substituents is 1. The monoisotopic (exact) mass is 288 g/mol. The van der Waals surface area contributed by atoms with Crippen LogP contribution >= 0.6 is 0 Å². The molecule has 1 heterocycles. The normalized spacial score (nSPS) is 10.7. The average molecular weight is 288 g/mol. The number of carboxylic acids is 1. The number of ketones is 1. The smallest absolute Gasteiger partial charge is 0.341 e. The van der Waals surface area contributed by atoms with E-state index in [1.54, 1.807) is 12.1 Å². The van der Waals surface area contributed by atoms with E-state index in [9.17, 15) is 14.7 Å². The number of rotatable bonds is 6. The number of aliphatic carboxylic acids is 1. The summed E-state index contributed by atoms with van der Waals surface area (Å²) in [4.78, 5) is 22.4. The number of carbonyl (C=O) groups excluding carboxylic acids is 1. The van der Waals surface area contributed by atoms with E-state index in [1.807, 2.05) is 0 Å². The van der Waals surface area contributed by atoms with Crippen LogP contribution in [0.25, 0.3) is 6.08 Å². The number of phenols is 1. The van der Waals surface area contributed by atoms with E-state index in [2.05, 4.69) is 0 Å². The van der Waals surface area contributed by atoms with Gasteiger partial charge in [-0.3, -0.25) is 4.79 Å². The van der Waals surface area contributed by atoms with Crippen LogP contribution in [0.3, 0.4) is 0 Å². The van der Waals surface area contributed by atoms with E-state index >= 15 is 0 Å². The second-order valence-electron chi connectivity index (χ2n) is 4.07. The van der Waals surface area contributed by atoms with Crippen molar-refractivity contribution in [3.05, 3.63) is 54.0 Å². The molecule has 21 heavy (non-hydrogen) atoms. The molecule has 0 spiro atoms. The van der Waals surface area contributed by atoms with Crippen LogP contribution in [-0.4, -0.2) is 28.6 Å². The maximum atomic E-state index is 12.0. The number of hydrogen-bond acceptors (Lipinski definition) is 5. The van der Waals surface area contributed by atoms with Crippen LogP contribution < -0.4 is 4.74 Å². The topological polar surface area (TPSA) is 97.0 Å². The Hall–Kier alpha value is -3.02. The molecular formula is C15H12O6. The van der Waals surface area contributed by atoms with Gasteiger partial charge in [-0.15, -0.1) is 0 Å². The van der Waals surface area contributed by atoms with Gasteiger partial charge in [-0.25, -0.2) is 4.79 Å². The van der Waals surface area contributed by atoms with Gasteiger partial charge in [0.25, 0.3) is 0 Å². The van der Waals surface area contributed by atoms with Crippen molar-refractivity contribution in [2.45, 2.75) is 0 Å². The van der Waals surface area contributed by atoms with Gasteiger partial charge in [0.15, 0.2) is 12.4 Å². The fraction of sp³-hybridized carbons (Fsp3) is 0.0667. The summed E-state index contributed by atoms with van der Waals surface area (Å²) in [5.74, 6) is -1.11. The molecule has 0 saturated heterocycles.